The normalized spacial score (nSPS) is 10.4. The molecule has 0 fully saturated rings. The maximum absolute atomic E-state index is 12.4. The fraction of sp³-hybridized carbons (Fsp3) is 0.158. The van der Waals surface area contributed by atoms with Gasteiger partial charge in [0.1, 0.15) is 11.4 Å². The molecule has 26 heavy (non-hydrogen) atoms. The first kappa shape index (κ1) is 17.8. The number of hydrogen-bond acceptors (Lipinski definition) is 3. The van der Waals surface area contributed by atoms with E-state index in [-0.39, 0.29) is 6.03 Å². The number of aromatic amines is 1. The lowest BCUT2D eigenvalue weighted by Crippen LogP contribution is -2.20. The summed E-state index contributed by atoms with van der Waals surface area (Å²) < 4.78 is 5.27. The number of anilines is 2. The third kappa shape index (κ3) is 3.97. The first-order valence-electron chi connectivity index (χ1n) is 8.16. The Hall–Kier alpha value is -2.99. The SMILES string of the molecule is CCc1[nH]nc(-c2cccc(OC)c2)c1NC(=O)Nc1ccc(Cl)cc1. The average molecular weight is 371 g/mol. The summed E-state index contributed by atoms with van der Waals surface area (Å²) in [7, 11) is 1.61. The molecule has 7 heteroatoms. The molecule has 0 radical (unpaired) electrons. The molecule has 0 bridgehead atoms. The molecular weight excluding hydrogens is 352 g/mol. The van der Waals surface area contributed by atoms with Crippen LogP contribution < -0.4 is 15.4 Å². The molecule has 6 nitrogen and oxygen atoms in total. The number of carbonyl (C=O) groups is 1. The third-order valence-electron chi connectivity index (χ3n) is 3.88. The van der Waals surface area contributed by atoms with Gasteiger partial charge in [0, 0.05) is 16.3 Å². The van der Waals surface area contributed by atoms with E-state index in [1.807, 2.05) is 31.2 Å². The maximum atomic E-state index is 12.4. The van der Waals surface area contributed by atoms with E-state index in [9.17, 15) is 4.79 Å². The summed E-state index contributed by atoms with van der Waals surface area (Å²) in [6, 6.07) is 14.1. The molecule has 1 heterocycles. The summed E-state index contributed by atoms with van der Waals surface area (Å²) in [4.78, 5) is 12.4. The minimum atomic E-state index is -0.354. The number of nitrogens with zero attached hydrogens (tertiary/aromatic N) is 1. The molecule has 134 valence electrons. The molecule has 0 saturated carbocycles. The number of rotatable bonds is 5. The Morgan fingerprint density at radius 2 is 1.96 bits per heavy atom. The maximum Gasteiger partial charge on any atom is 0.323 e. The van der Waals surface area contributed by atoms with Crippen molar-refractivity contribution in [2.45, 2.75) is 13.3 Å². The van der Waals surface area contributed by atoms with Crippen molar-refractivity contribution in [2.24, 2.45) is 0 Å². The molecule has 0 aliphatic rings. The van der Waals surface area contributed by atoms with Crippen LogP contribution in [0.15, 0.2) is 48.5 Å². The van der Waals surface area contributed by atoms with Crippen molar-refractivity contribution in [3.63, 3.8) is 0 Å². The van der Waals surface area contributed by atoms with Gasteiger partial charge in [0.05, 0.1) is 18.5 Å². The summed E-state index contributed by atoms with van der Waals surface area (Å²) in [6.45, 7) is 1.99. The zero-order chi connectivity index (χ0) is 18.5. The highest BCUT2D eigenvalue weighted by molar-refractivity contribution is 6.30. The average Bonchev–Trinajstić information content (AvgIpc) is 3.06. The van der Waals surface area contributed by atoms with Crippen LogP contribution in [-0.4, -0.2) is 23.3 Å². The molecule has 0 aliphatic carbocycles. The highest BCUT2D eigenvalue weighted by Crippen LogP contribution is 2.31. The van der Waals surface area contributed by atoms with Crippen molar-refractivity contribution in [3.8, 4) is 17.0 Å². The Labute approximate surface area is 156 Å². The first-order valence-corrected chi connectivity index (χ1v) is 8.53. The van der Waals surface area contributed by atoms with Crippen molar-refractivity contribution >= 4 is 29.0 Å². The lowest BCUT2D eigenvalue weighted by Gasteiger charge is -2.10. The van der Waals surface area contributed by atoms with Gasteiger partial charge in [-0.3, -0.25) is 5.10 Å². The van der Waals surface area contributed by atoms with Crippen molar-refractivity contribution < 1.29 is 9.53 Å². The molecule has 2 aromatic carbocycles. The Balaban J connectivity index is 1.85. The number of methoxy groups -OCH3 is 1. The third-order valence-corrected chi connectivity index (χ3v) is 4.13. The Kier molecular flexibility index (Phi) is 5.43. The molecule has 0 unspecified atom stereocenters. The standard InChI is InChI=1S/C19H19ClN4O2/c1-3-16-18(22-19(25)21-14-9-7-13(20)8-10-14)17(24-23-16)12-5-4-6-15(11-12)26-2/h4-11H,3H2,1-2H3,(H,23,24)(H2,21,22,25). The fourth-order valence-corrected chi connectivity index (χ4v) is 2.68. The van der Waals surface area contributed by atoms with Crippen molar-refractivity contribution in [1.29, 1.82) is 0 Å². The largest absolute Gasteiger partial charge is 0.497 e. The molecule has 1 aromatic heterocycles. The second-order valence-electron chi connectivity index (χ2n) is 5.60. The zero-order valence-electron chi connectivity index (χ0n) is 14.5. The predicted octanol–water partition coefficient (Wildman–Crippen LogP) is 4.95. The van der Waals surface area contributed by atoms with Gasteiger partial charge in [-0.05, 0) is 42.8 Å². The number of aryl methyl sites for hydroxylation is 1. The van der Waals surface area contributed by atoms with E-state index in [1.54, 1.807) is 31.4 Å². The van der Waals surface area contributed by atoms with Crippen LogP contribution in [0.5, 0.6) is 5.75 Å². The van der Waals surface area contributed by atoms with Crippen LogP contribution in [0.3, 0.4) is 0 Å². The second-order valence-corrected chi connectivity index (χ2v) is 6.03. The fourth-order valence-electron chi connectivity index (χ4n) is 2.56. The number of ether oxygens (including phenoxy) is 1. The van der Waals surface area contributed by atoms with Gasteiger partial charge in [0.15, 0.2) is 0 Å². The van der Waals surface area contributed by atoms with Crippen molar-refractivity contribution in [3.05, 3.63) is 59.2 Å². The van der Waals surface area contributed by atoms with Gasteiger partial charge < -0.3 is 15.4 Å². The molecular formula is C19H19ClN4O2. The number of aromatic nitrogens is 2. The molecule has 3 aromatic rings. The molecule has 0 saturated heterocycles. The van der Waals surface area contributed by atoms with Crippen LogP contribution in [-0.2, 0) is 6.42 Å². The second kappa shape index (κ2) is 7.93. The summed E-state index contributed by atoms with van der Waals surface area (Å²) in [6.07, 6.45) is 0.702. The smallest absolute Gasteiger partial charge is 0.323 e. The van der Waals surface area contributed by atoms with Gasteiger partial charge in [0.2, 0.25) is 0 Å². The van der Waals surface area contributed by atoms with Crippen molar-refractivity contribution in [1.82, 2.24) is 10.2 Å². The molecule has 2 amide bonds. The first-order chi connectivity index (χ1) is 12.6. The zero-order valence-corrected chi connectivity index (χ0v) is 15.2. The number of nitrogens with one attached hydrogen (secondary N) is 3. The van der Waals surface area contributed by atoms with Gasteiger partial charge in [-0.25, -0.2) is 4.79 Å². The Morgan fingerprint density at radius 1 is 1.19 bits per heavy atom. The van der Waals surface area contributed by atoms with Gasteiger partial charge >= 0.3 is 6.03 Å². The van der Waals surface area contributed by atoms with Crippen LogP contribution in [0.4, 0.5) is 16.2 Å². The van der Waals surface area contributed by atoms with Gasteiger partial charge in [-0.1, -0.05) is 30.7 Å². The molecule has 0 atom stereocenters. The summed E-state index contributed by atoms with van der Waals surface area (Å²) in [5, 5.41) is 13.6. The van der Waals surface area contributed by atoms with E-state index in [4.69, 9.17) is 16.3 Å². The van der Waals surface area contributed by atoms with E-state index in [0.717, 1.165) is 17.0 Å². The minimum absolute atomic E-state index is 0.354. The van der Waals surface area contributed by atoms with Crippen molar-refractivity contribution in [2.75, 3.05) is 17.7 Å². The molecule has 0 aliphatic heterocycles. The van der Waals surface area contributed by atoms with E-state index in [2.05, 4.69) is 20.8 Å². The van der Waals surface area contributed by atoms with Crippen LogP contribution >= 0.6 is 11.6 Å². The number of amides is 2. The number of halogens is 1. The van der Waals surface area contributed by atoms with Crippen LogP contribution in [0.25, 0.3) is 11.3 Å². The highest BCUT2D eigenvalue weighted by atomic mass is 35.5. The Bertz CT molecular complexity index is 906. The topological polar surface area (TPSA) is 79.0 Å². The highest BCUT2D eigenvalue weighted by Gasteiger charge is 2.17. The summed E-state index contributed by atoms with van der Waals surface area (Å²) >= 11 is 5.87. The number of benzene rings is 2. The van der Waals surface area contributed by atoms with E-state index < -0.39 is 0 Å². The van der Waals surface area contributed by atoms with Gasteiger partial charge in [-0.15, -0.1) is 0 Å². The number of hydrogen-bond donors (Lipinski definition) is 3. The lowest BCUT2D eigenvalue weighted by atomic mass is 10.1. The van der Waals surface area contributed by atoms with Gasteiger partial charge in [0.25, 0.3) is 0 Å². The van der Waals surface area contributed by atoms with Crippen LogP contribution in [0.1, 0.15) is 12.6 Å². The van der Waals surface area contributed by atoms with E-state index in [1.165, 1.54) is 0 Å². The lowest BCUT2D eigenvalue weighted by molar-refractivity contribution is 0.262. The summed E-state index contributed by atoms with van der Waals surface area (Å²) in [5.41, 5.74) is 3.65. The minimum Gasteiger partial charge on any atom is -0.497 e. The number of urea groups is 1. The molecule has 3 N–H and O–H groups in total. The predicted molar refractivity (Wildman–Crippen MR) is 104 cm³/mol. The quantitative estimate of drug-likeness (QED) is 0.594. The Morgan fingerprint density at radius 3 is 2.65 bits per heavy atom. The van der Waals surface area contributed by atoms with Crippen LogP contribution in [0.2, 0.25) is 5.02 Å². The number of H-pyrrole nitrogens is 1. The van der Waals surface area contributed by atoms with Crippen LogP contribution in [0, 0.1) is 0 Å². The van der Waals surface area contributed by atoms with E-state index >= 15 is 0 Å². The monoisotopic (exact) mass is 370 g/mol. The molecule has 0 spiro atoms. The number of carbonyl (C=O) groups excluding carboxylic acids is 1. The molecule has 3 rings (SSSR count). The van der Waals surface area contributed by atoms with Gasteiger partial charge in [-0.2, -0.15) is 5.10 Å². The summed E-state index contributed by atoms with van der Waals surface area (Å²) in [5.74, 6) is 0.722. The van der Waals surface area contributed by atoms with E-state index in [0.29, 0.717) is 28.5 Å².